The van der Waals surface area contributed by atoms with Crippen molar-refractivity contribution in [3.8, 4) is 5.75 Å². The van der Waals surface area contributed by atoms with Gasteiger partial charge in [-0.3, -0.25) is 14.7 Å². The van der Waals surface area contributed by atoms with Gasteiger partial charge in [0.2, 0.25) is 5.91 Å². The number of rotatable bonds is 7. The Balaban J connectivity index is 1.39. The van der Waals surface area contributed by atoms with Crippen LogP contribution in [0.3, 0.4) is 0 Å². The van der Waals surface area contributed by atoms with Crippen molar-refractivity contribution in [3.05, 3.63) is 64.8 Å². The van der Waals surface area contributed by atoms with Gasteiger partial charge < -0.3 is 4.74 Å². The number of hydrogen-bond acceptors (Lipinski definition) is 8. The fourth-order valence-electron chi connectivity index (χ4n) is 4.21. The fraction of sp³-hybridized carbons (Fsp3) is 0.292. The number of carbonyl (C=O) groups excluding carboxylic acids is 1. The maximum Gasteiger partial charge on any atom is 0.252 e. The number of anilines is 1. The molecule has 0 aliphatic carbocycles. The minimum absolute atomic E-state index is 0.0881. The Bertz CT molecular complexity index is 1480. The van der Waals surface area contributed by atoms with Crippen molar-refractivity contribution in [2.45, 2.75) is 23.6 Å². The predicted molar refractivity (Wildman–Crippen MR) is 142 cm³/mol. The van der Waals surface area contributed by atoms with Gasteiger partial charge in [0.25, 0.3) is 10.0 Å². The molecule has 1 aliphatic heterocycles. The molecule has 0 atom stereocenters. The lowest BCUT2D eigenvalue weighted by Gasteiger charge is -2.32. The van der Waals surface area contributed by atoms with Crippen LogP contribution in [0.25, 0.3) is 10.2 Å². The monoisotopic (exact) mass is 562 g/mol. The first-order chi connectivity index (χ1) is 17.4. The normalized spacial score (nSPS) is 15.3. The molecule has 0 unspecified atom stereocenters. The molecule has 4 aromatic rings. The van der Waals surface area contributed by atoms with Crippen LogP contribution in [-0.4, -0.2) is 48.8 Å². The van der Waals surface area contributed by atoms with Gasteiger partial charge in [-0.25, -0.2) is 13.4 Å². The topological polar surface area (TPSA) is 92.7 Å². The van der Waals surface area contributed by atoms with E-state index < -0.39 is 10.0 Å². The number of halogens is 1. The van der Waals surface area contributed by atoms with E-state index in [1.165, 1.54) is 21.7 Å². The van der Waals surface area contributed by atoms with E-state index in [0.717, 1.165) is 21.7 Å². The van der Waals surface area contributed by atoms with Crippen LogP contribution in [0.5, 0.6) is 5.75 Å². The van der Waals surface area contributed by atoms with Gasteiger partial charge in [-0.05, 0) is 49.2 Å². The Hall–Kier alpha value is -2.57. The summed E-state index contributed by atoms with van der Waals surface area (Å²) >= 11 is 8.41. The zero-order valence-electron chi connectivity index (χ0n) is 19.3. The maximum absolute atomic E-state index is 13.8. The predicted octanol–water partition coefficient (Wildman–Crippen LogP) is 5.05. The molecule has 0 N–H and O–H groups in total. The van der Waals surface area contributed by atoms with Crippen molar-refractivity contribution in [2.24, 2.45) is 5.92 Å². The highest BCUT2D eigenvalue weighted by Gasteiger charge is 2.35. The summed E-state index contributed by atoms with van der Waals surface area (Å²) in [7, 11) is -2.03. The summed E-state index contributed by atoms with van der Waals surface area (Å²) in [6.45, 7) is 0.798. The molecule has 0 bridgehead atoms. The van der Waals surface area contributed by atoms with Gasteiger partial charge >= 0.3 is 0 Å². The highest BCUT2D eigenvalue weighted by molar-refractivity contribution is 7.91. The fourth-order valence-corrected chi connectivity index (χ4v) is 8.31. The SMILES string of the molecule is COc1cccc2sc(N(Cc3ccccn3)C(=O)C3CCN(S(=O)(=O)c4ccc(Cl)s4)CC3)nc12. The quantitative estimate of drug-likeness (QED) is 0.313. The van der Waals surface area contributed by atoms with E-state index in [9.17, 15) is 13.2 Å². The molecule has 1 aliphatic rings. The van der Waals surface area contributed by atoms with Gasteiger partial charge in [0.05, 0.1) is 28.4 Å². The van der Waals surface area contributed by atoms with Crippen molar-refractivity contribution in [1.29, 1.82) is 0 Å². The van der Waals surface area contributed by atoms with Crippen LogP contribution >= 0.6 is 34.3 Å². The molecule has 5 rings (SSSR count). The number of piperidine rings is 1. The number of sulfonamides is 1. The first kappa shape index (κ1) is 25.1. The number of thiazole rings is 1. The Labute approximate surface area is 222 Å². The molecule has 0 spiro atoms. The number of amides is 1. The number of aromatic nitrogens is 2. The molecule has 3 aromatic heterocycles. The average molecular weight is 563 g/mol. The van der Waals surface area contributed by atoms with E-state index in [1.807, 2.05) is 36.4 Å². The van der Waals surface area contributed by atoms with Crippen LogP contribution < -0.4 is 9.64 Å². The van der Waals surface area contributed by atoms with Gasteiger partial charge in [0, 0.05) is 25.2 Å². The molecule has 8 nitrogen and oxygen atoms in total. The molecule has 1 aromatic carbocycles. The summed E-state index contributed by atoms with van der Waals surface area (Å²) in [6.07, 6.45) is 2.54. The van der Waals surface area contributed by atoms with Crippen molar-refractivity contribution in [2.75, 3.05) is 25.1 Å². The minimum Gasteiger partial charge on any atom is -0.494 e. The number of nitrogens with zero attached hydrogens (tertiary/aromatic N) is 4. The number of carbonyl (C=O) groups is 1. The standard InChI is InChI=1S/C24H23ClN4O4S3/c1-33-18-6-4-7-19-22(18)27-24(34-19)29(15-17-5-2-3-12-26-17)23(30)16-10-13-28(14-11-16)36(31,32)21-9-8-20(25)35-21/h2-9,12,16H,10-11,13-15H2,1H3. The third-order valence-corrected chi connectivity index (χ3v) is 10.7. The molecule has 1 amide bonds. The first-order valence-electron chi connectivity index (χ1n) is 11.3. The van der Waals surface area contributed by atoms with E-state index in [4.69, 9.17) is 21.3 Å². The number of benzene rings is 1. The van der Waals surface area contributed by atoms with Crippen LogP contribution in [0.2, 0.25) is 4.34 Å². The second kappa shape index (κ2) is 10.4. The Morgan fingerprint density at radius 2 is 1.94 bits per heavy atom. The lowest BCUT2D eigenvalue weighted by atomic mass is 9.96. The molecule has 4 heterocycles. The lowest BCUT2D eigenvalue weighted by molar-refractivity contribution is -0.123. The second-order valence-corrected chi connectivity index (χ2v) is 13.2. The van der Waals surface area contributed by atoms with Gasteiger partial charge in [-0.2, -0.15) is 4.31 Å². The summed E-state index contributed by atoms with van der Waals surface area (Å²) in [5, 5.41) is 0.563. The highest BCUT2D eigenvalue weighted by Crippen LogP contribution is 2.36. The first-order valence-corrected chi connectivity index (χ1v) is 14.7. The molecular formula is C24H23ClN4O4S3. The van der Waals surface area contributed by atoms with Crippen molar-refractivity contribution < 1.29 is 17.9 Å². The number of fused-ring (bicyclic) bond motifs is 1. The number of pyridine rings is 1. The van der Waals surface area contributed by atoms with Crippen LogP contribution in [0.1, 0.15) is 18.5 Å². The second-order valence-electron chi connectivity index (χ2n) is 8.29. The third-order valence-electron chi connectivity index (χ3n) is 6.08. The molecular weight excluding hydrogens is 540 g/mol. The molecule has 36 heavy (non-hydrogen) atoms. The number of para-hydroxylation sites is 1. The van der Waals surface area contributed by atoms with Crippen molar-refractivity contribution in [3.63, 3.8) is 0 Å². The average Bonchev–Trinajstić information content (AvgIpc) is 3.54. The molecule has 0 radical (unpaired) electrons. The molecule has 1 saturated heterocycles. The summed E-state index contributed by atoms with van der Waals surface area (Å²) in [5.74, 6) is 0.225. The van der Waals surface area contributed by atoms with Crippen molar-refractivity contribution >= 4 is 65.6 Å². The summed E-state index contributed by atoms with van der Waals surface area (Å²) < 4.78 is 34.4. The van der Waals surface area contributed by atoms with Gasteiger partial charge in [-0.15, -0.1) is 11.3 Å². The number of hydrogen-bond donors (Lipinski definition) is 0. The highest BCUT2D eigenvalue weighted by atomic mass is 35.5. The van der Waals surface area contributed by atoms with E-state index in [0.29, 0.717) is 33.6 Å². The summed E-state index contributed by atoms with van der Waals surface area (Å²) in [6, 6.07) is 14.4. The van der Waals surface area contributed by atoms with E-state index in [-0.39, 0.29) is 35.7 Å². The number of methoxy groups -OCH3 is 1. The number of ether oxygens (including phenoxy) is 1. The largest absolute Gasteiger partial charge is 0.494 e. The molecule has 12 heteroatoms. The minimum atomic E-state index is -3.63. The van der Waals surface area contributed by atoms with E-state index in [2.05, 4.69) is 4.98 Å². The van der Waals surface area contributed by atoms with Crippen LogP contribution in [-0.2, 0) is 21.4 Å². The molecule has 0 saturated carbocycles. The van der Waals surface area contributed by atoms with Crippen molar-refractivity contribution in [1.82, 2.24) is 14.3 Å². The zero-order valence-corrected chi connectivity index (χ0v) is 22.5. The van der Waals surface area contributed by atoms with Gasteiger partial charge in [0.15, 0.2) is 5.13 Å². The van der Waals surface area contributed by atoms with Gasteiger partial charge in [-0.1, -0.05) is 35.1 Å². The molecule has 188 valence electrons. The van der Waals surface area contributed by atoms with Crippen LogP contribution in [0.4, 0.5) is 5.13 Å². The van der Waals surface area contributed by atoms with Crippen LogP contribution in [0, 0.1) is 5.92 Å². The summed E-state index contributed by atoms with van der Waals surface area (Å²) in [4.78, 5) is 24.6. The Morgan fingerprint density at radius 3 is 2.61 bits per heavy atom. The maximum atomic E-state index is 13.8. The third kappa shape index (κ3) is 4.98. The van der Waals surface area contributed by atoms with E-state index in [1.54, 1.807) is 24.3 Å². The lowest BCUT2D eigenvalue weighted by Crippen LogP contribution is -2.44. The molecule has 1 fully saturated rings. The van der Waals surface area contributed by atoms with Gasteiger partial charge in [0.1, 0.15) is 15.5 Å². The zero-order chi connectivity index (χ0) is 25.3. The Morgan fingerprint density at radius 1 is 1.14 bits per heavy atom. The number of thiophene rings is 1. The van der Waals surface area contributed by atoms with E-state index >= 15 is 0 Å². The smallest absolute Gasteiger partial charge is 0.252 e. The van der Waals surface area contributed by atoms with Crippen LogP contribution in [0.15, 0.2) is 58.9 Å². The summed E-state index contributed by atoms with van der Waals surface area (Å²) in [5.41, 5.74) is 1.45. The Kier molecular flexibility index (Phi) is 7.27.